The van der Waals surface area contributed by atoms with E-state index in [0.29, 0.717) is 0 Å². The minimum atomic E-state index is -0.0713. The summed E-state index contributed by atoms with van der Waals surface area (Å²) in [7, 11) is 0. The van der Waals surface area contributed by atoms with Gasteiger partial charge in [-0.25, -0.2) is 0 Å². The summed E-state index contributed by atoms with van der Waals surface area (Å²) in [6.45, 7) is 1.74. The van der Waals surface area contributed by atoms with Crippen LogP contribution in [0, 0.1) is 0 Å². The maximum Gasteiger partial charge on any atom is 0.0615 e. The van der Waals surface area contributed by atoms with Crippen LogP contribution in [-0.2, 0) is 4.74 Å². The molecule has 0 aromatic heterocycles. The summed E-state index contributed by atoms with van der Waals surface area (Å²) >= 11 is 1.99. The first-order valence-electron chi connectivity index (χ1n) is 4.21. The number of rotatable bonds is 0. The van der Waals surface area contributed by atoms with E-state index in [2.05, 4.69) is 0 Å². The van der Waals surface area contributed by atoms with Gasteiger partial charge in [-0.2, -0.15) is 11.8 Å². The highest BCUT2D eigenvalue weighted by Crippen LogP contribution is 2.42. The lowest BCUT2D eigenvalue weighted by Gasteiger charge is -2.33. The topological polar surface area (TPSA) is 29.5 Å². The smallest absolute Gasteiger partial charge is 0.0615 e. The van der Waals surface area contributed by atoms with Gasteiger partial charge in [0.1, 0.15) is 0 Å². The van der Waals surface area contributed by atoms with E-state index in [4.69, 9.17) is 4.74 Å². The molecule has 2 heterocycles. The van der Waals surface area contributed by atoms with Gasteiger partial charge < -0.3 is 9.84 Å². The van der Waals surface area contributed by atoms with Crippen molar-refractivity contribution in [2.75, 3.05) is 19.0 Å². The van der Waals surface area contributed by atoms with Crippen molar-refractivity contribution in [2.24, 2.45) is 0 Å². The van der Waals surface area contributed by atoms with Crippen LogP contribution in [-0.4, -0.2) is 34.9 Å². The van der Waals surface area contributed by atoms with Gasteiger partial charge in [-0.1, -0.05) is 0 Å². The predicted octanol–water partition coefficient (Wildman–Crippen LogP) is 1.03. The summed E-state index contributed by atoms with van der Waals surface area (Å²) in [5, 5.41) is 9.47. The summed E-state index contributed by atoms with van der Waals surface area (Å²) in [6.07, 6.45) is 2.97. The standard InChI is InChI=1S/C8H14O2S/c9-7-1-4-11-8(5-7)2-3-10-6-8/h7,9H,1-6H2. The normalized spacial score (nSPS) is 45.0. The Labute approximate surface area is 71.3 Å². The van der Waals surface area contributed by atoms with Gasteiger partial charge in [0.2, 0.25) is 0 Å². The first kappa shape index (κ1) is 7.90. The van der Waals surface area contributed by atoms with E-state index in [1.54, 1.807) is 0 Å². The molecule has 1 spiro atoms. The molecule has 1 N–H and O–H groups in total. The van der Waals surface area contributed by atoms with Gasteiger partial charge in [-0.05, 0) is 25.0 Å². The highest BCUT2D eigenvalue weighted by atomic mass is 32.2. The van der Waals surface area contributed by atoms with Crippen LogP contribution in [0.4, 0.5) is 0 Å². The van der Waals surface area contributed by atoms with Gasteiger partial charge in [-0.15, -0.1) is 0 Å². The van der Waals surface area contributed by atoms with E-state index in [-0.39, 0.29) is 10.9 Å². The summed E-state index contributed by atoms with van der Waals surface area (Å²) in [4.78, 5) is 0. The Bertz CT molecular complexity index is 143. The third kappa shape index (κ3) is 1.55. The Morgan fingerprint density at radius 3 is 3.09 bits per heavy atom. The number of aliphatic hydroxyl groups is 1. The third-order valence-electron chi connectivity index (χ3n) is 2.53. The highest BCUT2D eigenvalue weighted by Gasteiger charge is 2.39. The molecular weight excluding hydrogens is 160 g/mol. The van der Waals surface area contributed by atoms with E-state index >= 15 is 0 Å². The summed E-state index contributed by atoms with van der Waals surface area (Å²) in [5.74, 6) is 1.10. The van der Waals surface area contributed by atoms with E-state index < -0.39 is 0 Å². The Morgan fingerprint density at radius 1 is 1.55 bits per heavy atom. The Kier molecular flexibility index (Phi) is 2.12. The molecule has 11 heavy (non-hydrogen) atoms. The van der Waals surface area contributed by atoms with E-state index in [0.717, 1.165) is 38.2 Å². The molecule has 2 unspecified atom stereocenters. The fourth-order valence-electron chi connectivity index (χ4n) is 1.87. The second-order valence-electron chi connectivity index (χ2n) is 3.48. The first-order chi connectivity index (χ1) is 5.31. The van der Waals surface area contributed by atoms with Crippen LogP contribution in [0.25, 0.3) is 0 Å². The van der Waals surface area contributed by atoms with Crippen LogP contribution in [0.2, 0.25) is 0 Å². The molecule has 2 aliphatic heterocycles. The molecule has 0 saturated carbocycles. The number of thioether (sulfide) groups is 1. The van der Waals surface area contributed by atoms with Gasteiger partial charge in [0, 0.05) is 11.4 Å². The molecule has 64 valence electrons. The molecule has 2 aliphatic rings. The van der Waals surface area contributed by atoms with Crippen LogP contribution in [0.1, 0.15) is 19.3 Å². The predicted molar refractivity (Wildman–Crippen MR) is 45.9 cm³/mol. The minimum absolute atomic E-state index is 0.0713. The lowest BCUT2D eigenvalue weighted by molar-refractivity contribution is 0.130. The van der Waals surface area contributed by atoms with Gasteiger partial charge >= 0.3 is 0 Å². The van der Waals surface area contributed by atoms with Crippen LogP contribution < -0.4 is 0 Å². The molecular formula is C8H14O2S. The number of ether oxygens (including phenoxy) is 1. The molecule has 2 nitrogen and oxygen atoms in total. The Hall–Kier alpha value is 0.270. The van der Waals surface area contributed by atoms with Crippen molar-refractivity contribution >= 4 is 11.8 Å². The third-order valence-corrected chi connectivity index (χ3v) is 4.07. The molecule has 0 radical (unpaired) electrons. The molecule has 2 saturated heterocycles. The lowest BCUT2D eigenvalue weighted by atomic mass is 9.98. The van der Waals surface area contributed by atoms with E-state index in [1.807, 2.05) is 11.8 Å². The SMILES string of the molecule is OC1CCSC2(CCOC2)C1. The summed E-state index contributed by atoms with van der Waals surface area (Å²) in [6, 6.07) is 0. The monoisotopic (exact) mass is 174 g/mol. The molecule has 0 aromatic rings. The van der Waals surface area contributed by atoms with Crippen molar-refractivity contribution in [3.05, 3.63) is 0 Å². The van der Waals surface area contributed by atoms with Gasteiger partial charge in [-0.3, -0.25) is 0 Å². The maximum atomic E-state index is 9.47. The average molecular weight is 174 g/mol. The van der Waals surface area contributed by atoms with E-state index in [1.165, 1.54) is 0 Å². The highest BCUT2D eigenvalue weighted by molar-refractivity contribution is 8.00. The largest absolute Gasteiger partial charge is 0.393 e. The van der Waals surface area contributed by atoms with Crippen LogP contribution in [0.5, 0.6) is 0 Å². The average Bonchev–Trinajstić information content (AvgIpc) is 2.37. The molecule has 0 aromatic carbocycles. The van der Waals surface area contributed by atoms with Crippen LogP contribution in [0.3, 0.4) is 0 Å². The number of aliphatic hydroxyl groups excluding tert-OH is 1. The molecule has 3 heteroatoms. The second kappa shape index (κ2) is 2.96. The van der Waals surface area contributed by atoms with E-state index in [9.17, 15) is 5.11 Å². The van der Waals surface area contributed by atoms with Crippen molar-refractivity contribution < 1.29 is 9.84 Å². The summed E-state index contributed by atoms with van der Waals surface area (Å²) < 4.78 is 5.64. The molecule has 0 amide bonds. The molecule has 2 fully saturated rings. The maximum absolute atomic E-state index is 9.47. The van der Waals surface area contributed by atoms with Crippen molar-refractivity contribution in [2.45, 2.75) is 30.1 Å². The second-order valence-corrected chi connectivity index (χ2v) is 5.04. The Morgan fingerprint density at radius 2 is 2.45 bits per heavy atom. The summed E-state index contributed by atoms with van der Waals surface area (Å²) in [5.41, 5.74) is 0. The first-order valence-corrected chi connectivity index (χ1v) is 5.19. The van der Waals surface area contributed by atoms with Crippen molar-refractivity contribution in [3.63, 3.8) is 0 Å². The number of hydrogen-bond donors (Lipinski definition) is 1. The van der Waals surface area contributed by atoms with Crippen LogP contribution in [0.15, 0.2) is 0 Å². The van der Waals surface area contributed by atoms with Crippen molar-refractivity contribution in [1.29, 1.82) is 0 Å². The number of hydrogen-bond acceptors (Lipinski definition) is 3. The fourth-order valence-corrected chi connectivity index (χ4v) is 3.39. The van der Waals surface area contributed by atoms with Crippen LogP contribution >= 0.6 is 11.8 Å². The minimum Gasteiger partial charge on any atom is -0.393 e. The van der Waals surface area contributed by atoms with Crippen molar-refractivity contribution in [3.8, 4) is 0 Å². The van der Waals surface area contributed by atoms with Gasteiger partial charge in [0.15, 0.2) is 0 Å². The zero-order valence-corrected chi connectivity index (χ0v) is 7.40. The van der Waals surface area contributed by atoms with Gasteiger partial charge in [0.25, 0.3) is 0 Å². The zero-order chi connectivity index (χ0) is 7.73. The molecule has 2 rings (SSSR count). The fraction of sp³-hybridized carbons (Fsp3) is 1.00. The molecule has 0 bridgehead atoms. The molecule has 2 atom stereocenters. The zero-order valence-electron chi connectivity index (χ0n) is 6.58. The van der Waals surface area contributed by atoms with Crippen molar-refractivity contribution in [1.82, 2.24) is 0 Å². The lowest BCUT2D eigenvalue weighted by Crippen LogP contribution is -2.35. The quantitative estimate of drug-likeness (QED) is 0.595. The molecule has 0 aliphatic carbocycles. The Balaban J connectivity index is 2.00. The van der Waals surface area contributed by atoms with Gasteiger partial charge in [0.05, 0.1) is 12.7 Å².